The van der Waals surface area contributed by atoms with Gasteiger partial charge in [-0.2, -0.15) is 0 Å². The number of nitrogens with two attached hydrogens (primary N) is 1. The molecule has 0 saturated heterocycles. The number of benzene rings is 1. The minimum Gasteiger partial charge on any atom is -0.495 e. The summed E-state index contributed by atoms with van der Waals surface area (Å²) in [6.07, 6.45) is -0.904. The van der Waals surface area contributed by atoms with Gasteiger partial charge in [0.05, 0.1) is 12.1 Å². The Morgan fingerprint density at radius 3 is 2.38 bits per heavy atom. The van der Waals surface area contributed by atoms with Crippen molar-refractivity contribution in [2.24, 2.45) is 5.73 Å². The van der Waals surface area contributed by atoms with Crippen LogP contribution in [0.5, 0.6) is 5.75 Å². The smallest absolute Gasteiger partial charge is 0.143 e. The molecule has 90 valence electrons. The highest BCUT2D eigenvalue weighted by atomic mass is 35.5. The molecule has 0 fully saturated rings. The van der Waals surface area contributed by atoms with E-state index in [9.17, 15) is 5.11 Å². The van der Waals surface area contributed by atoms with Crippen molar-refractivity contribution in [3.8, 4) is 5.75 Å². The molecule has 0 aliphatic rings. The van der Waals surface area contributed by atoms with Crippen molar-refractivity contribution in [2.45, 2.75) is 25.5 Å². The molecule has 1 unspecified atom stereocenters. The number of ether oxygens (including phenoxy) is 1. The van der Waals surface area contributed by atoms with Gasteiger partial charge < -0.3 is 15.6 Å². The van der Waals surface area contributed by atoms with Gasteiger partial charge in [0, 0.05) is 16.1 Å². The first-order valence-corrected chi connectivity index (χ1v) is 5.53. The second-order valence-corrected chi connectivity index (χ2v) is 5.08. The van der Waals surface area contributed by atoms with E-state index in [1.54, 1.807) is 26.0 Å². The average molecular weight is 264 g/mol. The van der Waals surface area contributed by atoms with E-state index in [0.29, 0.717) is 21.4 Å². The summed E-state index contributed by atoms with van der Waals surface area (Å²) in [7, 11) is 1.48. The van der Waals surface area contributed by atoms with Crippen molar-refractivity contribution in [3.05, 3.63) is 27.7 Å². The van der Waals surface area contributed by atoms with Crippen molar-refractivity contribution >= 4 is 23.2 Å². The zero-order valence-corrected chi connectivity index (χ0v) is 10.9. The van der Waals surface area contributed by atoms with Crippen molar-refractivity contribution in [2.75, 3.05) is 7.11 Å². The van der Waals surface area contributed by atoms with Crippen LogP contribution in [0.1, 0.15) is 25.5 Å². The Balaban J connectivity index is 3.31. The van der Waals surface area contributed by atoms with Gasteiger partial charge in [0.2, 0.25) is 0 Å². The monoisotopic (exact) mass is 263 g/mol. The van der Waals surface area contributed by atoms with Crippen molar-refractivity contribution in [3.63, 3.8) is 0 Å². The Bertz CT molecular complexity index is 388. The number of rotatable bonds is 3. The van der Waals surface area contributed by atoms with Gasteiger partial charge in [-0.3, -0.25) is 0 Å². The van der Waals surface area contributed by atoms with Crippen LogP contribution in [0.15, 0.2) is 12.1 Å². The Morgan fingerprint density at radius 2 is 1.94 bits per heavy atom. The maximum atomic E-state index is 10.1. The maximum Gasteiger partial charge on any atom is 0.143 e. The Morgan fingerprint density at radius 1 is 1.38 bits per heavy atom. The van der Waals surface area contributed by atoms with Crippen LogP contribution in [0.2, 0.25) is 10.0 Å². The van der Waals surface area contributed by atoms with Crippen LogP contribution in [0, 0.1) is 0 Å². The molecular formula is C11H15Cl2NO2. The lowest BCUT2D eigenvalue weighted by molar-refractivity contribution is 0.102. The molecule has 0 spiro atoms. The molecule has 16 heavy (non-hydrogen) atoms. The van der Waals surface area contributed by atoms with E-state index in [-0.39, 0.29) is 0 Å². The quantitative estimate of drug-likeness (QED) is 0.882. The fourth-order valence-electron chi connectivity index (χ4n) is 1.40. The highest BCUT2D eigenvalue weighted by Gasteiger charge is 2.28. The predicted molar refractivity (Wildman–Crippen MR) is 66.2 cm³/mol. The lowest BCUT2D eigenvalue weighted by Crippen LogP contribution is -2.39. The molecule has 0 bridgehead atoms. The molecule has 1 aromatic rings. The Labute approximate surface area is 105 Å². The number of hydrogen-bond acceptors (Lipinski definition) is 3. The van der Waals surface area contributed by atoms with Gasteiger partial charge in [-0.1, -0.05) is 23.2 Å². The molecule has 0 saturated carbocycles. The number of methoxy groups -OCH3 is 1. The first-order chi connectivity index (χ1) is 7.27. The maximum absolute atomic E-state index is 10.1. The summed E-state index contributed by atoms with van der Waals surface area (Å²) >= 11 is 11.8. The van der Waals surface area contributed by atoms with E-state index in [0.717, 1.165) is 0 Å². The summed E-state index contributed by atoms with van der Waals surface area (Å²) in [6, 6.07) is 3.16. The third kappa shape index (κ3) is 2.80. The van der Waals surface area contributed by atoms with Gasteiger partial charge in [-0.15, -0.1) is 0 Å². The number of aliphatic hydroxyl groups is 1. The molecule has 0 heterocycles. The van der Waals surface area contributed by atoms with Crippen LogP contribution in [-0.2, 0) is 0 Å². The third-order valence-corrected chi connectivity index (χ3v) is 2.74. The molecule has 1 aromatic carbocycles. The van der Waals surface area contributed by atoms with Crippen LogP contribution in [-0.4, -0.2) is 17.8 Å². The molecular weight excluding hydrogens is 249 g/mol. The van der Waals surface area contributed by atoms with E-state index in [1.165, 1.54) is 7.11 Å². The van der Waals surface area contributed by atoms with Gasteiger partial charge in [0.1, 0.15) is 11.9 Å². The normalized spacial score (nSPS) is 13.7. The lowest BCUT2D eigenvalue weighted by Gasteiger charge is -2.27. The topological polar surface area (TPSA) is 55.5 Å². The second-order valence-electron chi connectivity index (χ2n) is 4.23. The zero-order chi connectivity index (χ0) is 12.5. The average Bonchev–Trinajstić information content (AvgIpc) is 2.14. The molecule has 1 rings (SSSR count). The number of halogens is 2. The fourth-order valence-corrected chi connectivity index (χ4v) is 1.99. The van der Waals surface area contributed by atoms with Crippen molar-refractivity contribution in [1.29, 1.82) is 0 Å². The number of aliphatic hydroxyl groups excluding tert-OH is 1. The predicted octanol–water partition coefficient (Wildman–Crippen LogP) is 2.77. The SMILES string of the molecule is COc1c(Cl)cc(Cl)cc1C(O)C(C)(C)N. The summed E-state index contributed by atoms with van der Waals surface area (Å²) in [5.74, 6) is 0.400. The molecule has 1 atom stereocenters. The van der Waals surface area contributed by atoms with Gasteiger partial charge in [-0.25, -0.2) is 0 Å². The second kappa shape index (κ2) is 4.80. The van der Waals surface area contributed by atoms with Crippen LogP contribution >= 0.6 is 23.2 Å². The molecule has 5 heteroatoms. The van der Waals surface area contributed by atoms with E-state index in [2.05, 4.69) is 0 Å². The summed E-state index contributed by atoms with van der Waals surface area (Å²) < 4.78 is 5.14. The molecule has 0 aromatic heterocycles. The Hall–Kier alpha value is -0.480. The molecule has 0 aliphatic carbocycles. The largest absolute Gasteiger partial charge is 0.495 e. The molecule has 0 amide bonds. The minimum atomic E-state index is -0.904. The highest BCUT2D eigenvalue weighted by molar-refractivity contribution is 6.35. The number of hydrogen-bond donors (Lipinski definition) is 2. The van der Waals surface area contributed by atoms with E-state index in [4.69, 9.17) is 33.7 Å². The molecule has 3 N–H and O–H groups in total. The van der Waals surface area contributed by atoms with Crippen LogP contribution < -0.4 is 10.5 Å². The summed E-state index contributed by atoms with van der Waals surface area (Å²) in [5.41, 5.74) is 5.53. The van der Waals surface area contributed by atoms with Gasteiger partial charge >= 0.3 is 0 Å². The van der Waals surface area contributed by atoms with Crippen molar-refractivity contribution in [1.82, 2.24) is 0 Å². The zero-order valence-electron chi connectivity index (χ0n) is 9.42. The van der Waals surface area contributed by atoms with E-state index in [1.807, 2.05) is 0 Å². The standard InChI is InChI=1S/C11H15Cl2NO2/c1-11(2,14)10(15)7-4-6(12)5-8(13)9(7)16-3/h4-5,10,15H,14H2,1-3H3. The van der Waals surface area contributed by atoms with Crippen LogP contribution in [0.25, 0.3) is 0 Å². The van der Waals surface area contributed by atoms with Gasteiger partial charge in [0.15, 0.2) is 0 Å². The first kappa shape index (κ1) is 13.6. The third-order valence-electron chi connectivity index (χ3n) is 2.24. The summed E-state index contributed by atoms with van der Waals surface area (Å²) in [5, 5.41) is 10.9. The van der Waals surface area contributed by atoms with Gasteiger partial charge in [-0.05, 0) is 26.0 Å². The van der Waals surface area contributed by atoms with Gasteiger partial charge in [0.25, 0.3) is 0 Å². The van der Waals surface area contributed by atoms with E-state index < -0.39 is 11.6 Å². The summed E-state index contributed by atoms with van der Waals surface area (Å²) in [6.45, 7) is 3.43. The lowest BCUT2D eigenvalue weighted by atomic mass is 9.92. The minimum absolute atomic E-state index is 0.355. The molecule has 3 nitrogen and oxygen atoms in total. The molecule has 0 aliphatic heterocycles. The molecule has 0 radical (unpaired) electrons. The first-order valence-electron chi connectivity index (χ1n) is 4.77. The van der Waals surface area contributed by atoms with Crippen LogP contribution in [0.3, 0.4) is 0 Å². The Kier molecular flexibility index (Phi) is 4.07. The fraction of sp³-hybridized carbons (Fsp3) is 0.455. The summed E-state index contributed by atoms with van der Waals surface area (Å²) in [4.78, 5) is 0. The van der Waals surface area contributed by atoms with E-state index >= 15 is 0 Å². The highest BCUT2D eigenvalue weighted by Crippen LogP contribution is 2.38. The van der Waals surface area contributed by atoms with Crippen LogP contribution in [0.4, 0.5) is 0 Å². The van der Waals surface area contributed by atoms with Crippen molar-refractivity contribution < 1.29 is 9.84 Å².